The van der Waals surface area contributed by atoms with E-state index in [1.54, 1.807) is 24.3 Å². The van der Waals surface area contributed by atoms with E-state index in [1.165, 1.54) is 6.07 Å². The molecule has 0 bridgehead atoms. The molecule has 0 fully saturated rings. The number of halogens is 1. The lowest BCUT2D eigenvalue weighted by Gasteiger charge is -2.11. The molecule has 0 heterocycles. The van der Waals surface area contributed by atoms with Gasteiger partial charge in [0.15, 0.2) is 19.0 Å². The van der Waals surface area contributed by atoms with Gasteiger partial charge in [-0.05, 0) is 23.8 Å². The quantitative estimate of drug-likeness (QED) is 0.436. The summed E-state index contributed by atoms with van der Waals surface area (Å²) in [7, 11) is 0. The number of carbonyl (C=O) groups is 2. The molecule has 0 aliphatic heterocycles. The van der Waals surface area contributed by atoms with E-state index >= 15 is 0 Å². The molecule has 5 heteroatoms. The van der Waals surface area contributed by atoms with Crippen LogP contribution in [0, 0.1) is 0 Å². The lowest BCUT2D eigenvalue weighted by molar-refractivity contribution is -0.144. The van der Waals surface area contributed by atoms with Crippen molar-refractivity contribution in [3.8, 4) is 16.9 Å². The fraction of sp³-hybridized carbons (Fsp3) is 0.0909. The fourth-order valence-electron chi connectivity index (χ4n) is 2.52. The Morgan fingerprint density at radius 3 is 2.33 bits per heavy atom. The standard InChI is InChI=1S/C22H17ClO4/c23-18-10-6-9-17(13-18)20(24)14-27-22(25)15-26-21-12-5-4-11-19(21)16-7-2-1-3-8-16/h1-13H,14-15H2. The van der Waals surface area contributed by atoms with E-state index in [9.17, 15) is 9.59 Å². The van der Waals surface area contributed by atoms with E-state index < -0.39 is 5.97 Å². The van der Waals surface area contributed by atoms with Gasteiger partial charge in [0.1, 0.15) is 5.75 Å². The Morgan fingerprint density at radius 1 is 0.815 bits per heavy atom. The van der Waals surface area contributed by atoms with E-state index in [4.69, 9.17) is 21.1 Å². The highest BCUT2D eigenvalue weighted by atomic mass is 35.5. The highest BCUT2D eigenvalue weighted by Gasteiger charge is 2.12. The van der Waals surface area contributed by atoms with Gasteiger partial charge >= 0.3 is 5.97 Å². The molecule has 3 rings (SSSR count). The highest BCUT2D eigenvalue weighted by molar-refractivity contribution is 6.31. The molecule has 27 heavy (non-hydrogen) atoms. The van der Waals surface area contributed by atoms with Crippen LogP contribution in [0.3, 0.4) is 0 Å². The number of Topliss-reactive ketones (excluding diaryl/α,β-unsaturated/α-hetero) is 1. The largest absolute Gasteiger partial charge is 0.481 e. The number of para-hydroxylation sites is 1. The van der Waals surface area contributed by atoms with E-state index in [-0.39, 0.29) is 19.0 Å². The van der Waals surface area contributed by atoms with Crippen LogP contribution in [0.4, 0.5) is 0 Å². The molecule has 0 aromatic heterocycles. The third-order valence-corrected chi connectivity index (χ3v) is 4.06. The van der Waals surface area contributed by atoms with Crippen molar-refractivity contribution in [3.63, 3.8) is 0 Å². The Balaban J connectivity index is 1.56. The van der Waals surface area contributed by atoms with Gasteiger partial charge in [0.25, 0.3) is 0 Å². The molecule has 0 spiro atoms. The number of hydrogen-bond acceptors (Lipinski definition) is 4. The molecule has 0 atom stereocenters. The maximum atomic E-state index is 12.0. The number of ketones is 1. The number of hydrogen-bond donors (Lipinski definition) is 0. The van der Waals surface area contributed by atoms with Gasteiger partial charge in [-0.1, -0.05) is 72.3 Å². The molecule has 0 aliphatic carbocycles. The van der Waals surface area contributed by atoms with Crippen molar-refractivity contribution in [2.75, 3.05) is 13.2 Å². The molecular formula is C22H17ClO4. The molecule has 0 N–H and O–H groups in total. The summed E-state index contributed by atoms with van der Waals surface area (Å²) < 4.78 is 10.6. The number of ether oxygens (including phenoxy) is 2. The lowest BCUT2D eigenvalue weighted by atomic mass is 10.1. The van der Waals surface area contributed by atoms with E-state index in [0.29, 0.717) is 16.3 Å². The third kappa shape index (κ3) is 5.19. The highest BCUT2D eigenvalue weighted by Crippen LogP contribution is 2.29. The van der Waals surface area contributed by atoms with Gasteiger partial charge in [-0.3, -0.25) is 4.79 Å². The van der Waals surface area contributed by atoms with E-state index in [2.05, 4.69) is 0 Å². The van der Waals surface area contributed by atoms with Crippen LogP contribution < -0.4 is 4.74 Å². The molecule has 3 aromatic rings. The monoisotopic (exact) mass is 380 g/mol. The van der Waals surface area contributed by atoms with Crippen LogP contribution in [0.1, 0.15) is 10.4 Å². The second kappa shape index (κ2) is 9.01. The van der Waals surface area contributed by atoms with Crippen molar-refractivity contribution in [2.24, 2.45) is 0 Å². The van der Waals surface area contributed by atoms with Crippen molar-refractivity contribution in [3.05, 3.63) is 89.4 Å². The zero-order chi connectivity index (χ0) is 19.1. The van der Waals surface area contributed by atoms with E-state index in [0.717, 1.165) is 11.1 Å². The molecule has 0 saturated carbocycles. The zero-order valence-corrected chi connectivity index (χ0v) is 15.2. The third-order valence-electron chi connectivity index (χ3n) is 3.83. The average Bonchev–Trinajstić information content (AvgIpc) is 2.71. The predicted molar refractivity (Wildman–Crippen MR) is 104 cm³/mol. The summed E-state index contributed by atoms with van der Waals surface area (Å²) in [5.74, 6) is -0.370. The second-order valence-electron chi connectivity index (χ2n) is 5.75. The fourth-order valence-corrected chi connectivity index (χ4v) is 2.71. The number of esters is 1. The van der Waals surface area contributed by atoms with Gasteiger partial charge in [0.2, 0.25) is 0 Å². The van der Waals surface area contributed by atoms with Crippen LogP contribution >= 0.6 is 11.6 Å². The maximum absolute atomic E-state index is 12.0. The van der Waals surface area contributed by atoms with Crippen molar-refractivity contribution < 1.29 is 19.1 Å². The first-order chi connectivity index (χ1) is 13.1. The Bertz CT molecular complexity index is 938. The summed E-state index contributed by atoms with van der Waals surface area (Å²) >= 11 is 5.85. The van der Waals surface area contributed by atoms with Gasteiger partial charge in [0.05, 0.1) is 0 Å². The molecule has 0 radical (unpaired) electrons. The number of benzene rings is 3. The predicted octanol–water partition coefficient (Wildman–Crippen LogP) is 4.81. The molecule has 0 unspecified atom stereocenters. The topological polar surface area (TPSA) is 52.6 Å². The van der Waals surface area contributed by atoms with Crippen LogP contribution in [0.2, 0.25) is 5.02 Å². The SMILES string of the molecule is O=C(COc1ccccc1-c1ccccc1)OCC(=O)c1cccc(Cl)c1. The molecular weight excluding hydrogens is 364 g/mol. The molecule has 0 aliphatic rings. The Hall–Kier alpha value is -3.11. The first kappa shape index (κ1) is 18.7. The molecule has 3 aromatic carbocycles. The Morgan fingerprint density at radius 2 is 1.56 bits per heavy atom. The summed E-state index contributed by atoms with van der Waals surface area (Å²) in [6, 6.07) is 23.6. The summed E-state index contributed by atoms with van der Waals surface area (Å²) in [5.41, 5.74) is 2.25. The van der Waals surface area contributed by atoms with Crippen LogP contribution in [0.15, 0.2) is 78.9 Å². The van der Waals surface area contributed by atoms with Crippen molar-refractivity contribution in [1.82, 2.24) is 0 Å². The molecule has 4 nitrogen and oxygen atoms in total. The van der Waals surface area contributed by atoms with Gasteiger partial charge in [0, 0.05) is 16.1 Å². The molecule has 136 valence electrons. The smallest absolute Gasteiger partial charge is 0.344 e. The summed E-state index contributed by atoms with van der Waals surface area (Å²) in [6.07, 6.45) is 0. The van der Waals surface area contributed by atoms with Crippen molar-refractivity contribution in [1.29, 1.82) is 0 Å². The van der Waals surface area contributed by atoms with E-state index in [1.807, 2.05) is 48.5 Å². The summed E-state index contributed by atoms with van der Waals surface area (Å²) in [4.78, 5) is 24.0. The normalized spacial score (nSPS) is 10.3. The minimum absolute atomic E-state index is 0.285. The van der Waals surface area contributed by atoms with Crippen LogP contribution in [-0.2, 0) is 9.53 Å². The van der Waals surface area contributed by atoms with Gasteiger partial charge in [-0.25, -0.2) is 4.79 Å². The summed E-state index contributed by atoms with van der Waals surface area (Å²) in [5, 5.41) is 0.452. The average molecular weight is 381 g/mol. The van der Waals surface area contributed by atoms with Crippen LogP contribution in [0.25, 0.3) is 11.1 Å². The number of carbonyl (C=O) groups excluding carboxylic acids is 2. The first-order valence-corrected chi connectivity index (χ1v) is 8.73. The zero-order valence-electron chi connectivity index (χ0n) is 14.4. The minimum atomic E-state index is -0.617. The van der Waals surface area contributed by atoms with Crippen molar-refractivity contribution in [2.45, 2.75) is 0 Å². The second-order valence-corrected chi connectivity index (χ2v) is 6.18. The molecule has 0 saturated heterocycles. The van der Waals surface area contributed by atoms with Crippen molar-refractivity contribution >= 4 is 23.4 Å². The van der Waals surface area contributed by atoms with Crippen LogP contribution in [0.5, 0.6) is 5.75 Å². The Labute approximate surface area is 162 Å². The lowest BCUT2D eigenvalue weighted by Crippen LogP contribution is -2.19. The van der Waals surface area contributed by atoms with Gasteiger partial charge in [-0.2, -0.15) is 0 Å². The van der Waals surface area contributed by atoms with Gasteiger partial charge < -0.3 is 9.47 Å². The maximum Gasteiger partial charge on any atom is 0.344 e. The van der Waals surface area contributed by atoms with Crippen LogP contribution in [-0.4, -0.2) is 25.0 Å². The minimum Gasteiger partial charge on any atom is -0.481 e. The Kier molecular flexibility index (Phi) is 6.23. The van der Waals surface area contributed by atoms with Gasteiger partial charge in [-0.15, -0.1) is 0 Å². The number of rotatable bonds is 7. The molecule has 0 amide bonds. The summed E-state index contributed by atoms with van der Waals surface area (Å²) in [6.45, 7) is -0.643. The first-order valence-electron chi connectivity index (χ1n) is 8.35.